The molecule has 5 aromatic rings. The molecule has 0 spiro atoms. The van der Waals surface area contributed by atoms with E-state index in [1.54, 1.807) is 33.6 Å². The number of hydrogen-bond donors (Lipinski definition) is 2. The van der Waals surface area contributed by atoms with Crippen molar-refractivity contribution in [2.75, 3.05) is 0 Å². The Morgan fingerprint density at radius 1 is 1.06 bits per heavy atom. The quantitative estimate of drug-likeness (QED) is 0.421. The second-order valence-corrected chi connectivity index (χ2v) is 7.88. The number of nitrogens with one attached hydrogen (secondary N) is 1. The zero-order valence-electron chi connectivity index (χ0n) is 16.8. The lowest BCUT2D eigenvalue weighted by atomic mass is 10.2. The van der Waals surface area contributed by atoms with Crippen LogP contribution in [-0.4, -0.2) is 31.0 Å². The van der Waals surface area contributed by atoms with E-state index in [4.69, 9.17) is 5.73 Å². The summed E-state index contributed by atoms with van der Waals surface area (Å²) in [7, 11) is 0. The van der Waals surface area contributed by atoms with E-state index in [2.05, 4.69) is 15.4 Å². The molecule has 9 heteroatoms. The molecule has 0 atom stereocenters. The Morgan fingerprint density at radius 3 is 2.59 bits per heavy atom. The average molecular weight is 443 g/mol. The van der Waals surface area contributed by atoms with Gasteiger partial charge in [-0.2, -0.15) is 16.4 Å². The number of thiophene rings is 1. The maximum atomic E-state index is 13.0. The molecule has 4 heterocycles. The van der Waals surface area contributed by atoms with Crippen LogP contribution >= 0.6 is 11.3 Å². The van der Waals surface area contributed by atoms with Gasteiger partial charge in [-0.1, -0.05) is 12.1 Å². The number of pyridine rings is 1. The summed E-state index contributed by atoms with van der Waals surface area (Å²) >= 11 is 1.49. The molecule has 32 heavy (non-hydrogen) atoms. The third-order valence-corrected chi connectivity index (χ3v) is 5.76. The van der Waals surface area contributed by atoms with Gasteiger partial charge in [0, 0.05) is 36.1 Å². The number of carbonyl (C=O) groups is 2. The van der Waals surface area contributed by atoms with Crippen LogP contribution in [-0.2, 0) is 6.54 Å². The van der Waals surface area contributed by atoms with Gasteiger partial charge >= 0.3 is 0 Å². The Bertz CT molecular complexity index is 1400. The average Bonchev–Trinajstić information content (AvgIpc) is 3.57. The van der Waals surface area contributed by atoms with Crippen molar-refractivity contribution in [2.45, 2.75) is 6.54 Å². The lowest BCUT2D eigenvalue weighted by Gasteiger charge is -2.08. The minimum Gasteiger partial charge on any atom is -0.364 e. The number of amides is 2. The number of hydrogen-bond acceptors (Lipinski definition) is 5. The summed E-state index contributed by atoms with van der Waals surface area (Å²) in [6.07, 6.45) is 5.27. The molecule has 0 unspecified atom stereocenters. The number of nitrogens with two attached hydrogens (primary N) is 1. The van der Waals surface area contributed by atoms with Crippen molar-refractivity contribution in [3.8, 4) is 16.9 Å². The first-order valence-corrected chi connectivity index (χ1v) is 10.8. The molecule has 0 radical (unpaired) electrons. The third kappa shape index (κ3) is 3.54. The van der Waals surface area contributed by atoms with E-state index in [0.717, 1.165) is 16.8 Å². The van der Waals surface area contributed by atoms with Gasteiger partial charge < -0.3 is 11.1 Å². The van der Waals surface area contributed by atoms with E-state index >= 15 is 0 Å². The van der Waals surface area contributed by atoms with Crippen LogP contribution in [0.1, 0.15) is 26.4 Å². The Labute approximate surface area is 186 Å². The molecule has 1 aromatic carbocycles. The first kappa shape index (κ1) is 19.7. The van der Waals surface area contributed by atoms with Gasteiger partial charge in [0.2, 0.25) is 0 Å². The van der Waals surface area contributed by atoms with Crippen molar-refractivity contribution in [3.05, 3.63) is 94.7 Å². The van der Waals surface area contributed by atoms with Crippen LogP contribution in [0.25, 0.3) is 22.6 Å². The second-order valence-electron chi connectivity index (χ2n) is 7.10. The molecule has 0 aliphatic rings. The normalized spacial score (nSPS) is 11.0. The smallest absolute Gasteiger partial charge is 0.268 e. The number of fused-ring (bicyclic) bond motifs is 1. The van der Waals surface area contributed by atoms with Gasteiger partial charge in [0.05, 0.1) is 11.3 Å². The molecule has 158 valence electrons. The Hall–Kier alpha value is -4.24. The number of benzene rings is 1. The molecule has 0 bridgehead atoms. The monoisotopic (exact) mass is 442 g/mol. The minimum atomic E-state index is -0.603. The third-order valence-electron chi connectivity index (χ3n) is 5.08. The van der Waals surface area contributed by atoms with Gasteiger partial charge in [0.15, 0.2) is 5.65 Å². The van der Waals surface area contributed by atoms with Crippen molar-refractivity contribution < 1.29 is 9.59 Å². The van der Waals surface area contributed by atoms with Gasteiger partial charge in [-0.15, -0.1) is 0 Å². The highest BCUT2D eigenvalue weighted by Crippen LogP contribution is 2.27. The SMILES string of the molecule is NC(=O)c1c(-c2ccsc2)nc2c(C(=O)NCc3ccc(-n4cccn4)cc3)cccn12. The number of primary amides is 1. The highest BCUT2D eigenvalue weighted by Gasteiger charge is 2.22. The first-order chi connectivity index (χ1) is 15.6. The van der Waals surface area contributed by atoms with Crippen molar-refractivity contribution in [1.29, 1.82) is 0 Å². The van der Waals surface area contributed by atoms with Crippen LogP contribution in [0.4, 0.5) is 0 Å². The molecule has 3 N–H and O–H groups in total. The van der Waals surface area contributed by atoms with E-state index in [0.29, 0.717) is 23.4 Å². The summed E-state index contributed by atoms with van der Waals surface area (Å²) in [5.74, 6) is -0.891. The predicted octanol–water partition coefficient (Wildman–Crippen LogP) is 3.28. The molecule has 5 rings (SSSR count). The van der Waals surface area contributed by atoms with Crippen molar-refractivity contribution in [3.63, 3.8) is 0 Å². The minimum absolute atomic E-state index is 0.252. The molecule has 0 aliphatic heterocycles. The zero-order valence-corrected chi connectivity index (χ0v) is 17.6. The molecule has 8 nitrogen and oxygen atoms in total. The number of nitrogens with zero attached hydrogens (tertiary/aromatic N) is 4. The van der Waals surface area contributed by atoms with Crippen LogP contribution in [0.15, 0.2) is 77.9 Å². The van der Waals surface area contributed by atoms with Gasteiger partial charge in [-0.05, 0) is 47.3 Å². The van der Waals surface area contributed by atoms with E-state index in [1.165, 1.54) is 11.3 Å². The molecule has 2 amide bonds. The Balaban J connectivity index is 1.41. The molecule has 0 saturated heterocycles. The number of rotatable bonds is 6. The highest BCUT2D eigenvalue weighted by atomic mass is 32.1. The molecular formula is C23H18N6O2S. The standard InChI is InChI=1S/C23H18N6O2S/c24-21(30)20-19(16-8-12-32-14-16)27-22-18(3-1-10-28(20)22)23(31)25-13-15-4-6-17(7-5-15)29-11-2-9-26-29/h1-12,14H,13H2,(H2,24,30)(H,25,31). The van der Waals surface area contributed by atoms with E-state index in [1.807, 2.05) is 53.4 Å². The fourth-order valence-electron chi connectivity index (χ4n) is 3.55. The topological polar surface area (TPSA) is 107 Å². The fourth-order valence-corrected chi connectivity index (χ4v) is 4.19. The van der Waals surface area contributed by atoms with E-state index in [-0.39, 0.29) is 11.6 Å². The summed E-state index contributed by atoms with van der Waals surface area (Å²) in [6, 6.07) is 14.9. The van der Waals surface area contributed by atoms with Gasteiger partial charge in [-0.25, -0.2) is 9.67 Å². The summed E-state index contributed by atoms with van der Waals surface area (Å²) in [6.45, 7) is 0.347. The van der Waals surface area contributed by atoms with Crippen molar-refractivity contribution >= 4 is 28.8 Å². The Morgan fingerprint density at radius 2 is 1.91 bits per heavy atom. The fraction of sp³-hybridized carbons (Fsp3) is 0.0435. The molecule has 0 aliphatic carbocycles. The lowest BCUT2D eigenvalue weighted by Crippen LogP contribution is -2.23. The largest absolute Gasteiger partial charge is 0.364 e. The highest BCUT2D eigenvalue weighted by molar-refractivity contribution is 7.08. The van der Waals surface area contributed by atoms with E-state index in [9.17, 15) is 9.59 Å². The van der Waals surface area contributed by atoms with E-state index < -0.39 is 5.91 Å². The molecular weight excluding hydrogens is 424 g/mol. The maximum Gasteiger partial charge on any atom is 0.268 e. The maximum absolute atomic E-state index is 13.0. The summed E-state index contributed by atoms with van der Waals surface area (Å²) < 4.78 is 3.34. The number of carbonyl (C=O) groups excluding carboxylic acids is 2. The van der Waals surface area contributed by atoms with Crippen LogP contribution in [0.5, 0.6) is 0 Å². The molecule has 0 fully saturated rings. The number of imidazole rings is 1. The second kappa shape index (κ2) is 8.12. The lowest BCUT2D eigenvalue weighted by molar-refractivity contribution is 0.0949. The predicted molar refractivity (Wildman–Crippen MR) is 122 cm³/mol. The zero-order chi connectivity index (χ0) is 22.1. The van der Waals surface area contributed by atoms with Crippen LogP contribution in [0.2, 0.25) is 0 Å². The van der Waals surface area contributed by atoms with Crippen LogP contribution in [0, 0.1) is 0 Å². The number of aromatic nitrogens is 4. The van der Waals surface area contributed by atoms with Gasteiger partial charge in [0.1, 0.15) is 11.4 Å². The summed E-state index contributed by atoms with van der Waals surface area (Å²) in [4.78, 5) is 29.7. The molecule has 0 saturated carbocycles. The van der Waals surface area contributed by atoms with Crippen LogP contribution < -0.4 is 11.1 Å². The summed E-state index contributed by atoms with van der Waals surface area (Å²) in [5, 5.41) is 10.9. The summed E-state index contributed by atoms with van der Waals surface area (Å²) in [5.41, 5.74) is 9.77. The first-order valence-electron chi connectivity index (χ1n) is 9.82. The molecule has 4 aromatic heterocycles. The van der Waals surface area contributed by atoms with Crippen molar-refractivity contribution in [1.82, 2.24) is 24.5 Å². The van der Waals surface area contributed by atoms with Crippen molar-refractivity contribution in [2.24, 2.45) is 5.73 Å². The van der Waals surface area contributed by atoms with Crippen LogP contribution in [0.3, 0.4) is 0 Å². The van der Waals surface area contributed by atoms with Gasteiger partial charge in [-0.3, -0.25) is 14.0 Å². The Kier molecular flexibility index (Phi) is 5.00. The van der Waals surface area contributed by atoms with Gasteiger partial charge in [0.25, 0.3) is 11.8 Å².